The normalized spacial score (nSPS) is 16.1. The van der Waals surface area contributed by atoms with E-state index < -0.39 is 0 Å². The minimum Gasteiger partial charge on any atom is -0.486 e. The number of fused-ring (bicyclic) bond motifs is 1. The van der Waals surface area contributed by atoms with E-state index >= 15 is 0 Å². The van der Waals surface area contributed by atoms with E-state index in [2.05, 4.69) is 11.1 Å². The minimum absolute atomic E-state index is 0.0472. The highest BCUT2D eigenvalue weighted by Gasteiger charge is 2.21. The third kappa shape index (κ3) is 3.02. The highest BCUT2D eigenvalue weighted by atomic mass is 32.2. The van der Waals surface area contributed by atoms with E-state index in [1.165, 1.54) is 0 Å². The zero-order valence-electron chi connectivity index (χ0n) is 12.5. The average Bonchev–Trinajstić information content (AvgIpc) is 2.52. The van der Waals surface area contributed by atoms with Crippen LogP contribution in [-0.2, 0) is 0 Å². The van der Waals surface area contributed by atoms with Gasteiger partial charge in [-0.2, -0.15) is 5.26 Å². The van der Waals surface area contributed by atoms with Gasteiger partial charge < -0.3 is 9.47 Å². The topological polar surface area (TPSA) is 55.1 Å². The summed E-state index contributed by atoms with van der Waals surface area (Å²) in [5, 5.41) is 10.1. The summed E-state index contributed by atoms with van der Waals surface area (Å²) in [6.07, 6.45) is -0.0472. The first kappa shape index (κ1) is 14.7. The first-order chi connectivity index (χ1) is 10.7. The average molecular weight is 312 g/mol. The number of hydrogen-bond donors (Lipinski definition) is 0. The van der Waals surface area contributed by atoms with Gasteiger partial charge in [0, 0.05) is 11.4 Å². The fraction of sp³-hybridized carbons (Fsp3) is 0.294. The van der Waals surface area contributed by atoms with E-state index in [1.54, 1.807) is 11.8 Å². The molecule has 0 saturated carbocycles. The Bertz CT molecular complexity index is 740. The molecule has 0 unspecified atom stereocenters. The van der Waals surface area contributed by atoms with Crippen molar-refractivity contribution in [1.29, 1.82) is 5.26 Å². The first-order valence-corrected chi connectivity index (χ1v) is 8.05. The molecule has 5 heteroatoms. The number of thioether (sulfide) groups is 1. The fourth-order valence-corrected chi connectivity index (χ4v) is 3.43. The van der Waals surface area contributed by atoms with Crippen LogP contribution in [-0.4, -0.2) is 23.4 Å². The highest BCUT2D eigenvalue weighted by Crippen LogP contribution is 2.33. The van der Waals surface area contributed by atoms with Crippen LogP contribution in [0.15, 0.2) is 35.4 Å². The molecule has 0 spiro atoms. The summed E-state index contributed by atoms with van der Waals surface area (Å²) in [6, 6.07) is 11.8. The molecule has 2 heterocycles. The van der Waals surface area contributed by atoms with Gasteiger partial charge in [0.15, 0.2) is 11.5 Å². The monoisotopic (exact) mass is 312 g/mol. The predicted octanol–water partition coefficient (Wildman–Crippen LogP) is 3.50. The molecule has 3 rings (SSSR count). The van der Waals surface area contributed by atoms with Gasteiger partial charge in [0.2, 0.25) is 0 Å². The summed E-state index contributed by atoms with van der Waals surface area (Å²) in [4.78, 5) is 4.48. The number of rotatable bonds is 3. The van der Waals surface area contributed by atoms with Crippen molar-refractivity contribution < 1.29 is 9.47 Å². The van der Waals surface area contributed by atoms with Crippen LogP contribution >= 0.6 is 11.8 Å². The molecule has 1 aromatic heterocycles. The molecule has 0 fully saturated rings. The van der Waals surface area contributed by atoms with Crippen molar-refractivity contribution in [2.45, 2.75) is 25.0 Å². The number of pyridine rings is 1. The van der Waals surface area contributed by atoms with E-state index in [4.69, 9.17) is 9.47 Å². The molecule has 1 aliphatic rings. The molecule has 112 valence electrons. The third-order valence-electron chi connectivity index (χ3n) is 3.40. The van der Waals surface area contributed by atoms with E-state index in [0.717, 1.165) is 27.8 Å². The van der Waals surface area contributed by atoms with E-state index in [1.807, 2.05) is 44.2 Å². The van der Waals surface area contributed by atoms with Crippen LogP contribution in [0.5, 0.6) is 11.5 Å². The standard InChI is InChI=1S/C17H16N2O2S/c1-11-7-12(2)19-17(14(11)8-18)22-10-13-9-20-15-5-3-4-6-16(15)21-13/h3-7,13H,9-10H2,1-2H3/t13-/m1/s1. The van der Waals surface area contributed by atoms with Crippen molar-refractivity contribution in [1.82, 2.24) is 4.98 Å². The van der Waals surface area contributed by atoms with Crippen molar-refractivity contribution >= 4 is 11.8 Å². The number of nitriles is 1. The molecular weight excluding hydrogens is 296 g/mol. The number of aryl methyl sites for hydroxylation is 2. The Morgan fingerprint density at radius 3 is 2.86 bits per heavy atom. The number of aromatic nitrogens is 1. The van der Waals surface area contributed by atoms with Crippen molar-refractivity contribution in [2.24, 2.45) is 0 Å². The number of ether oxygens (including phenoxy) is 2. The maximum atomic E-state index is 9.30. The summed E-state index contributed by atoms with van der Waals surface area (Å²) in [7, 11) is 0. The third-order valence-corrected chi connectivity index (χ3v) is 4.50. The summed E-state index contributed by atoms with van der Waals surface area (Å²) < 4.78 is 11.6. The van der Waals surface area contributed by atoms with Gasteiger partial charge in [0.05, 0.1) is 5.56 Å². The van der Waals surface area contributed by atoms with Gasteiger partial charge in [-0.05, 0) is 37.6 Å². The molecule has 4 nitrogen and oxygen atoms in total. The predicted molar refractivity (Wildman–Crippen MR) is 85.5 cm³/mol. The summed E-state index contributed by atoms with van der Waals surface area (Å²) in [6.45, 7) is 4.39. The Kier molecular flexibility index (Phi) is 4.21. The van der Waals surface area contributed by atoms with Gasteiger partial charge in [-0.3, -0.25) is 0 Å². The molecular formula is C17H16N2O2S. The molecule has 0 N–H and O–H groups in total. The summed E-state index contributed by atoms with van der Waals surface area (Å²) >= 11 is 1.54. The van der Waals surface area contributed by atoms with Crippen molar-refractivity contribution in [3.63, 3.8) is 0 Å². The second-order valence-corrected chi connectivity index (χ2v) is 6.19. The first-order valence-electron chi connectivity index (χ1n) is 7.07. The molecule has 0 bridgehead atoms. The quantitative estimate of drug-likeness (QED) is 0.812. The van der Waals surface area contributed by atoms with Gasteiger partial charge in [0.25, 0.3) is 0 Å². The zero-order valence-corrected chi connectivity index (χ0v) is 13.3. The Morgan fingerprint density at radius 1 is 1.32 bits per heavy atom. The Labute approximate surface area is 134 Å². The van der Waals surface area contributed by atoms with Crippen LogP contribution in [0.2, 0.25) is 0 Å². The largest absolute Gasteiger partial charge is 0.486 e. The van der Waals surface area contributed by atoms with Gasteiger partial charge in [-0.15, -0.1) is 11.8 Å². The Hall–Kier alpha value is -2.19. The summed E-state index contributed by atoms with van der Waals surface area (Å²) in [5.74, 6) is 2.25. The Balaban J connectivity index is 1.71. The molecule has 0 radical (unpaired) electrons. The van der Waals surface area contributed by atoms with Crippen molar-refractivity contribution in [3.05, 3.63) is 47.2 Å². The molecule has 2 aromatic rings. The van der Waals surface area contributed by atoms with Crippen LogP contribution in [0.25, 0.3) is 0 Å². The van der Waals surface area contributed by atoms with Crippen LogP contribution in [0.1, 0.15) is 16.8 Å². The lowest BCUT2D eigenvalue weighted by molar-refractivity contribution is 0.107. The van der Waals surface area contributed by atoms with E-state index in [9.17, 15) is 5.26 Å². The van der Waals surface area contributed by atoms with Crippen LogP contribution in [0.3, 0.4) is 0 Å². The van der Waals surface area contributed by atoms with Crippen LogP contribution < -0.4 is 9.47 Å². The smallest absolute Gasteiger partial charge is 0.161 e. The molecule has 0 amide bonds. The van der Waals surface area contributed by atoms with Gasteiger partial charge in [0.1, 0.15) is 23.8 Å². The lowest BCUT2D eigenvalue weighted by Crippen LogP contribution is -2.31. The molecule has 1 aromatic carbocycles. The summed E-state index contributed by atoms with van der Waals surface area (Å²) in [5.41, 5.74) is 2.53. The minimum atomic E-state index is -0.0472. The van der Waals surface area contributed by atoms with E-state index in [-0.39, 0.29) is 6.10 Å². The number of benzene rings is 1. The van der Waals surface area contributed by atoms with Crippen molar-refractivity contribution in [3.8, 4) is 17.6 Å². The second-order valence-electron chi connectivity index (χ2n) is 5.18. The van der Waals surface area contributed by atoms with Crippen LogP contribution in [0, 0.1) is 25.2 Å². The molecule has 22 heavy (non-hydrogen) atoms. The molecule has 0 saturated heterocycles. The van der Waals surface area contributed by atoms with Gasteiger partial charge >= 0.3 is 0 Å². The van der Waals surface area contributed by atoms with E-state index in [0.29, 0.717) is 17.9 Å². The van der Waals surface area contributed by atoms with Crippen LogP contribution in [0.4, 0.5) is 0 Å². The number of para-hydroxylation sites is 2. The molecule has 0 aliphatic carbocycles. The maximum Gasteiger partial charge on any atom is 0.161 e. The second kappa shape index (κ2) is 6.29. The highest BCUT2D eigenvalue weighted by molar-refractivity contribution is 7.99. The maximum absolute atomic E-state index is 9.30. The fourth-order valence-electron chi connectivity index (χ4n) is 2.36. The lowest BCUT2D eigenvalue weighted by Gasteiger charge is -2.26. The zero-order chi connectivity index (χ0) is 15.5. The number of nitrogens with zero attached hydrogens (tertiary/aromatic N) is 2. The molecule has 1 atom stereocenters. The number of hydrogen-bond acceptors (Lipinski definition) is 5. The molecule has 1 aliphatic heterocycles. The van der Waals surface area contributed by atoms with Crippen molar-refractivity contribution in [2.75, 3.05) is 12.4 Å². The van der Waals surface area contributed by atoms with Gasteiger partial charge in [-0.25, -0.2) is 4.98 Å². The Morgan fingerprint density at radius 2 is 2.09 bits per heavy atom. The SMILES string of the molecule is Cc1cc(C)c(C#N)c(SC[C@H]2COc3ccccc3O2)n1. The van der Waals surface area contributed by atoms with Gasteiger partial charge in [-0.1, -0.05) is 12.1 Å². The lowest BCUT2D eigenvalue weighted by atomic mass is 10.1.